The lowest BCUT2D eigenvalue weighted by atomic mass is 10.3. The number of nitro groups is 1. The Labute approximate surface area is 100 Å². The van der Waals surface area contributed by atoms with E-state index in [1.165, 1.54) is 12.3 Å². The van der Waals surface area contributed by atoms with E-state index in [9.17, 15) is 14.5 Å². The number of nitro benzene ring substituents is 1. The average molecular weight is 250 g/mol. The van der Waals surface area contributed by atoms with Gasteiger partial charge in [-0.1, -0.05) is 0 Å². The molecule has 0 saturated heterocycles. The maximum atomic E-state index is 13.0. The molecule has 1 aromatic carbocycles. The highest BCUT2D eigenvalue weighted by molar-refractivity contribution is 5.47. The van der Waals surface area contributed by atoms with Gasteiger partial charge in [-0.05, 0) is 12.1 Å². The fourth-order valence-electron chi connectivity index (χ4n) is 1.22. The lowest BCUT2D eigenvalue weighted by Gasteiger charge is -2.04. The van der Waals surface area contributed by atoms with Crippen molar-refractivity contribution in [1.29, 1.82) is 0 Å². The number of nitrogens with two attached hydrogens (primary N) is 1. The zero-order valence-electron chi connectivity index (χ0n) is 8.91. The summed E-state index contributed by atoms with van der Waals surface area (Å²) in [5, 5.41) is 10.7. The van der Waals surface area contributed by atoms with Crippen LogP contribution in [-0.4, -0.2) is 14.9 Å². The summed E-state index contributed by atoms with van der Waals surface area (Å²) in [7, 11) is 0. The zero-order valence-corrected chi connectivity index (χ0v) is 8.91. The highest BCUT2D eigenvalue weighted by atomic mass is 19.1. The minimum absolute atomic E-state index is 0.138. The number of anilines is 1. The van der Waals surface area contributed by atoms with Gasteiger partial charge in [0.05, 0.1) is 4.92 Å². The summed E-state index contributed by atoms with van der Waals surface area (Å²) in [4.78, 5) is 17.4. The summed E-state index contributed by atoms with van der Waals surface area (Å²) in [5.74, 6) is -0.816. The van der Waals surface area contributed by atoms with Crippen LogP contribution in [-0.2, 0) is 0 Å². The molecule has 0 saturated carbocycles. The van der Waals surface area contributed by atoms with E-state index in [1.54, 1.807) is 0 Å². The van der Waals surface area contributed by atoms with Gasteiger partial charge in [-0.3, -0.25) is 10.1 Å². The van der Waals surface area contributed by atoms with Gasteiger partial charge in [0.25, 0.3) is 0 Å². The molecule has 92 valence electrons. The van der Waals surface area contributed by atoms with E-state index in [-0.39, 0.29) is 23.3 Å². The van der Waals surface area contributed by atoms with Crippen LogP contribution in [0.15, 0.2) is 30.5 Å². The molecule has 1 heterocycles. The fourth-order valence-corrected chi connectivity index (χ4v) is 1.22. The van der Waals surface area contributed by atoms with Crippen molar-refractivity contribution in [3.05, 3.63) is 46.4 Å². The molecule has 0 radical (unpaired) electrons. The van der Waals surface area contributed by atoms with Crippen molar-refractivity contribution >= 4 is 11.5 Å². The largest absolute Gasteiger partial charge is 0.417 e. The second-order valence-corrected chi connectivity index (χ2v) is 3.24. The molecule has 0 aliphatic rings. The molecule has 1 aromatic heterocycles. The standard InChI is InChI=1S/C10H7FN4O3/c11-6-1-2-7(15(16)17)8(5-6)18-10-13-4-3-9(12)14-10/h1-5H,(H2,12,13,14). The number of rotatable bonds is 3. The first kappa shape index (κ1) is 11.7. The Morgan fingerprint density at radius 3 is 2.83 bits per heavy atom. The first-order valence-corrected chi connectivity index (χ1v) is 4.76. The zero-order chi connectivity index (χ0) is 13.1. The van der Waals surface area contributed by atoms with Gasteiger partial charge in [0.15, 0.2) is 0 Å². The maximum Gasteiger partial charge on any atom is 0.324 e. The van der Waals surface area contributed by atoms with Crippen LogP contribution in [0.3, 0.4) is 0 Å². The fraction of sp³-hybridized carbons (Fsp3) is 0. The van der Waals surface area contributed by atoms with Gasteiger partial charge in [0, 0.05) is 18.3 Å². The summed E-state index contributed by atoms with van der Waals surface area (Å²) in [5.41, 5.74) is 5.01. The van der Waals surface area contributed by atoms with Gasteiger partial charge >= 0.3 is 11.7 Å². The molecule has 8 heteroatoms. The Morgan fingerprint density at radius 1 is 1.39 bits per heavy atom. The molecule has 0 amide bonds. The van der Waals surface area contributed by atoms with Gasteiger partial charge in [-0.25, -0.2) is 9.37 Å². The van der Waals surface area contributed by atoms with Gasteiger partial charge in [0.2, 0.25) is 5.75 Å². The summed E-state index contributed by atoms with van der Waals surface area (Å²) < 4.78 is 18.1. The molecule has 0 aliphatic heterocycles. The second-order valence-electron chi connectivity index (χ2n) is 3.24. The Kier molecular flexibility index (Phi) is 3.00. The van der Waals surface area contributed by atoms with E-state index in [2.05, 4.69) is 9.97 Å². The molecule has 0 unspecified atom stereocenters. The molecule has 2 rings (SSSR count). The van der Waals surface area contributed by atoms with Crippen molar-refractivity contribution in [3.8, 4) is 11.8 Å². The number of ether oxygens (including phenoxy) is 1. The van der Waals surface area contributed by atoms with E-state index >= 15 is 0 Å². The van der Waals surface area contributed by atoms with Crippen molar-refractivity contribution in [3.63, 3.8) is 0 Å². The quantitative estimate of drug-likeness (QED) is 0.658. The molecular formula is C10H7FN4O3. The number of aromatic nitrogens is 2. The molecule has 2 aromatic rings. The predicted molar refractivity (Wildman–Crippen MR) is 59.6 cm³/mol. The minimum atomic E-state index is -0.693. The third kappa shape index (κ3) is 2.48. The van der Waals surface area contributed by atoms with Gasteiger partial charge < -0.3 is 10.5 Å². The lowest BCUT2D eigenvalue weighted by molar-refractivity contribution is -0.385. The third-order valence-electron chi connectivity index (χ3n) is 1.97. The van der Waals surface area contributed by atoms with Gasteiger partial charge in [-0.15, -0.1) is 0 Å². The Hall–Kier alpha value is -2.77. The summed E-state index contributed by atoms with van der Waals surface area (Å²) in [6.45, 7) is 0. The van der Waals surface area contributed by atoms with E-state index in [1.807, 2.05) is 0 Å². The monoisotopic (exact) mass is 250 g/mol. The molecule has 0 bridgehead atoms. The Bertz CT molecular complexity index is 605. The number of hydrogen-bond donors (Lipinski definition) is 1. The number of nitrogens with zero attached hydrogens (tertiary/aromatic N) is 3. The maximum absolute atomic E-state index is 13.0. The normalized spacial score (nSPS) is 10.1. The Morgan fingerprint density at radius 2 is 2.17 bits per heavy atom. The first-order valence-electron chi connectivity index (χ1n) is 4.76. The average Bonchev–Trinajstić information content (AvgIpc) is 2.28. The number of nitrogen functional groups attached to an aromatic ring is 1. The topological polar surface area (TPSA) is 104 Å². The van der Waals surface area contributed by atoms with Crippen LogP contribution in [0.2, 0.25) is 0 Å². The van der Waals surface area contributed by atoms with E-state index < -0.39 is 10.7 Å². The van der Waals surface area contributed by atoms with Crippen LogP contribution in [0.5, 0.6) is 11.8 Å². The van der Waals surface area contributed by atoms with Crippen LogP contribution in [0.1, 0.15) is 0 Å². The molecule has 7 nitrogen and oxygen atoms in total. The van der Waals surface area contributed by atoms with Gasteiger partial charge in [0.1, 0.15) is 11.6 Å². The summed E-state index contributed by atoms with van der Waals surface area (Å²) >= 11 is 0. The lowest BCUT2D eigenvalue weighted by Crippen LogP contribution is -1.98. The Balaban J connectivity index is 2.39. The summed E-state index contributed by atoms with van der Waals surface area (Å²) in [6.07, 6.45) is 1.32. The second kappa shape index (κ2) is 4.62. The van der Waals surface area contributed by atoms with Crippen LogP contribution in [0, 0.1) is 15.9 Å². The molecule has 0 aliphatic carbocycles. The van der Waals surface area contributed by atoms with Gasteiger partial charge in [-0.2, -0.15) is 4.98 Å². The number of hydrogen-bond acceptors (Lipinski definition) is 6. The van der Waals surface area contributed by atoms with Crippen LogP contribution in [0.25, 0.3) is 0 Å². The molecule has 0 fully saturated rings. The number of halogens is 1. The van der Waals surface area contributed by atoms with Crippen molar-refractivity contribution < 1.29 is 14.1 Å². The van der Waals surface area contributed by atoms with Crippen molar-refractivity contribution in [2.75, 3.05) is 5.73 Å². The molecule has 0 spiro atoms. The molecule has 2 N–H and O–H groups in total. The first-order chi connectivity index (χ1) is 8.56. The van der Waals surface area contributed by atoms with Crippen LogP contribution < -0.4 is 10.5 Å². The van der Waals surface area contributed by atoms with Crippen molar-refractivity contribution in [2.45, 2.75) is 0 Å². The molecule has 18 heavy (non-hydrogen) atoms. The van der Waals surface area contributed by atoms with Crippen molar-refractivity contribution in [2.24, 2.45) is 0 Å². The van der Waals surface area contributed by atoms with Crippen LogP contribution in [0.4, 0.5) is 15.9 Å². The molecular weight excluding hydrogens is 243 g/mol. The number of benzene rings is 1. The van der Waals surface area contributed by atoms with E-state index in [4.69, 9.17) is 10.5 Å². The van der Waals surface area contributed by atoms with E-state index in [0.29, 0.717) is 0 Å². The molecule has 0 atom stereocenters. The highest BCUT2D eigenvalue weighted by Crippen LogP contribution is 2.30. The van der Waals surface area contributed by atoms with Crippen LogP contribution >= 0.6 is 0 Å². The summed E-state index contributed by atoms with van der Waals surface area (Å²) in [6, 6.07) is 4.07. The minimum Gasteiger partial charge on any atom is -0.417 e. The predicted octanol–water partition coefficient (Wildman–Crippen LogP) is 1.90. The SMILES string of the molecule is Nc1ccnc(Oc2cc(F)ccc2[N+](=O)[O-])n1. The highest BCUT2D eigenvalue weighted by Gasteiger charge is 2.17. The smallest absolute Gasteiger partial charge is 0.324 e. The third-order valence-corrected chi connectivity index (χ3v) is 1.97. The van der Waals surface area contributed by atoms with E-state index in [0.717, 1.165) is 18.2 Å². The van der Waals surface area contributed by atoms with Crippen molar-refractivity contribution in [1.82, 2.24) is 9.97 Å².